The maximum absolute atomic E-state index is 3.43. The van der Waals surface area contributed by atoms with Crippen LogP contribution in [0.4, 0.5) is 0 Å². The highest BCUT2D eigenvalue weighted by Gasteiger charge is 1.47. The predicted molar refractivity (Wildman–Crippen MR) is 30.1 cm³/mol. The number of allylic oxidation sites excluding steroid dienone is 1. The van der Waals surface area contributed by atoms with Crippen LogP contribution in [0.15, 0.2) is 12.7 Å². The maximum atomic E-state index is 3.43. The summed E-state index contributed by atoms with van der Waals surface area (Å²) in [5.74, 6) is 0. The van der Waals surface area contributed by atoms with Crippen LogP contribution in [0.1, 0.15) is 1.43 Å². The van der Waals surface area contributed by atoms with Gasteiger partial charge in [-0.1, -0.05) is 22.0 Å². The van der Waals surface area contributed by atoms with Gasteiger partial charge in [-0.25, -0.2) is 0 Å². The van der Waals surface area contributed by atoms with E-state index >= 15 is 0 Å². The van der Waals surface area contributed by atoms with Gasteiger partial charge in [-0.3, -0.25) is 0 Å². The monoisotopic (exact) mass is 138 g/mol. The maximum Gasteiger partial charge on any atom is 1.00 e. The van der Waals surface area contributed by atoms with Gasteiger partial charge in [-0.2, -0.15) is 0 Å². The third-order valence-electron chi connectivity index (χ3n) is 0.109. The minimum Gasteiger partial charge on any atom is -0.344 e. The van der Waals surface area contributed by atoms with Crippen LogP contribution in [0.5, 0.6) is 0 Å². The van der Waals surface area contributed by atoms with E-state index in [1.54, 1.807) is 6.08 Å². The van der Waals surface area contributed by atoms with Crippen molar-refractivity contribution in [1.82, 2.24) is 6.15 Å². The van der Waals surface area contributed by atoms with E-state index in [1.807, 2.05) is 0 Å². The molecule has 0 heterocycles. The molecule has 0 aromatic rings. The summed E-state index contributed by atoms with van der Waals surface area (Å²) in [6.45, 7) is 3.43. The van der Waals surface area contributed by atoms with Crippen LogP contribution < -0.4 is 6.15 Å². The van der Waals surface area contributed by atoms with Crippen LogP contribution in [0, 0.1) is 0 Å². The summed E-state index contributed by atoms with van der Waals surface area (Å²) in [4.78, 5) is 0. The van der Waals surface area contributed by atoms with Crippen molar-refractivity contribution in [3.8, 4) is 0 Å². The number of hydrogen-bond acceptors (Lipinski definition) is 1. The topological polar surface area (TPSA) is 35.0 Å². The van der Waals surface area contributed by atoms with Gasteiger partial charge in [0.05, 0.1) is 0 Å². The minimum atomic E-state index is 0. The summed E-state index contributed by atoms with van der Waals surface area (Å²) < 4.78 is 0. The standard InChI is InChI=1S/C3H5Br.H3N/c1-2-3-4;/h2H,1,3H2;1H3/p+1. The van der Waals surface area contributed by atoms with E-state index in [4.69, 9.17) is 0 Å². The Labute approximate surface area is 42.3 Å². The zero-order valence-corrected chi connectivity index (χ0v) is 4.66. The van der Waals surface area contributed by atoms with Crippen molar-refractivity contribution in [2.45, 2.75) is 0 Å². The Bertz CT molecular complexity index is 24.8. The van der Waals surface area contributed by atoms with Gasteiger partial charge >= 0.3 is 1.43 Å². The highest BCUT2D eigenvalue weighted by atomic mass is 79.9. The Kier molecular flexibility index (Phi) is 15.9. The molecule has 5 heavy (non-hydrogen) atoms. The van der Waals surface area contributed by atoms with Crippen LogP contribution in [-0.2, 0) is 0 Å². The minimum absolute atomic E-state index is 0. The van der Waals surface area contributed by atoms with Gasteiger partial charge in [0.15, 0.2) is 0 Å². The molecule has 0 atom stereocenters. The molecule has 2 heteroatoms. The molecule has 32 valence electrons. The molecule has 0 unspecified atom stereocenters. The van der Waals surface area contributed by atoms with E-state index in [2.05, 4.69) is 22.5 Å². The van der Waals surface area contributed by atoms with Crippen LogP contribution in [0.2, 0.25) is 0 Å². The second-order valence-electron chi connectivity index (χ2n) is 0.443. The Morgan fingerprint density at radius 1 is 2.00 bits per heavy atom. The quantitative estimate of drug-likeness (QED) is 0.436. The molecule has 0 aliphatic heterocycles. The molecule has 0 aromatic carbocycles. The molecule has 0 aliphatic carbocycles. The van der Waals surface area contributed by atoms with Crippen molar-refractivity contribution < 1.29 is 1.43 Å². The summed E-state index contributed by atoms with van der Waals surface area (Å²) in [5.41, 5.74) is 0. The van der Waals surface area contributed by atoms with E-state index in [9.17, 15) is 0 Å². The van der Waals surface area contributed by atoms with Gasteiger partial charge in [0, 0.05) is 5.33 Å². The Morgan fingerprint density at radius 3 is 2.20 bits per heavy atom. The van der Waals surface area contributed by atoms with Gasteiger partial charge in [0.1, 0.15) is 0 Å². The van der Waals surface area contributed by atoms with Gasteiger partial charge in [-0.15, -0.1) is 6.58 Å². The average Bonchev–Trinajstić information content (AvgIpc) is 1.37. The molecule has 0 fully saturated rings. The summed E-state index contributed by atoms with van der Waals surface area (Å²) in [6.07, 6.45) is 1.79. The van der Waals surface area contributed by atoms with Gasteiger partial charge in [0.25, 0.3) is 0 Å². The first-order chi connectivity index (χ1) is 1.91. The van der Waals surface area contributed by atoms with Crippen molar-refractivity contribution in [1.29, 1.82) is 0 Å². The molecule has 3 N–H and O–H groups in total. The van der Waals surface area contributed by atoms with E-state index in [0.29, 0.717) is 0 Å². The highest BCUT2D eigenvalue weighted by Crippen LogP contribution is 1.73. The van der Waals surface area contributed by atoms with Crippen molar-refractivity contribution in [2.75, 3.05) is 5.33 Å². The van der Waals surface area contributed by atoms with Crippen LogP contribution in [0.25, 0.3) is 0 Å². The molecule has 1 nitrogen and oxygen atoms in total. The molecule has 0 rings (SSSR count). The Hall–Kier alpha value is 0.180. The lowest BCUT2D eigenvalue weighted by Crippen LogP contribution is -1.43. The summed E-state index contributed by atoms with van der Waals surface area (Å²) in [5, 5.41) is 0.896. The molecular formula is C3H9BrN+. The first-order valence-electron chi connectivity index (χ1n) is 1.08. The average molecular weight is 139 g/mol. The van der Waals surface area contributed by atoms with Crippen LogP contribution >= 0.6 is 15.9 Å². The summed E-state index contributed by atoms with van der Waals surface area (Å²) in [7, 11) is 0. The third kappa shape index (κ3) is 14.3. The molecule has 0 aliphatic rings. The van der Waals surface area contributed by atoms with Gasteiger partial charge in [0.2, 0.25) is 0 Å². The summed E-state index contributed by atoms with van der Waals surface area (Å²) >= 11 is 3.13. The fraction of sp³-hybridized carbons (Fsp3) is 0.333. The first-order valence-corrected chi connectivity index (χ1v) is 2.21. The second-order valence-corrected chi connectivity index (χ2v) is 1.09. The normalized spacial score (nSPS) is 5.00. The molecule has 0 bridgehead atoms. The molecule has 0 saturated carbocycles. The van der Waals surface area contributed by atoms with Crippen molar-refractivity contribution in [3.63, 3.8) is 0 Å². The van der Waals surface area contributed by atoms with Crippen LogP contribution in [-0.4, -0.2) is 5.33 Å². The lowest BCUT2D eigenvalue weighted by molar-refractivity contribution is 1.87. The van der Waals surface area contributed by atoms with Crippen molar-refractivity contribution in [3.05, 3.63) is 12.7 Å². The fourth-order valence-electron chi connectivity index (χ4n) is 0. The molecule has 0 radical (unpaired) electrons. The fourth-order valence-corrected chi connectivity index (χ4v) is 0. The van der Waals surface area contributed by atoms with Crippen molar-refractivity contribution >= 4 is 15.9 Å². The van der Waals surface area contributed by atoms with Gasteiger partial charge in [-0.05, 0) is 0 Å². The Morgan fingerprint density at radius 2 is 2.20 bits per heavy atom. The van der Waals surface area contributed by atoms with E-state index in [0.717, 1.165) is 5.33 Å². The SMILES string of the molecule is C=CCBr.N.[H+]. The first kappa shape index (κ1) is 8.95. The Balaban J connectivity index is -0.0000000450. The van der Waals surface area contributed by atoms with E-state index < -0.39 is 0 Å². The number of halogens is 1. The lowest BCUT2D eigenvalue weighted by Gasteiger charge is -1.55. The predicted octanol–water partition coefficient (Wildman–Crippen LogP) is 1.84. The van der Waals surface area contributed by atoms with Crippen molar-refractivity contribution in [2.24, 2.45) is 0 Å². The highest BCUT2D eigenvalue weighted by molar-refractivity contribution is 9.09. The van der Waals surface area contributed by atoms with Crippen LogP contribution in [0.3, 0.4) is 0 Å². The molecule has 0 amide bonds. The molecular weight excluding hydrogens is 130 g/mol. The number of alkyl halides is 1. The van der Waals surface area contributed by atoms with Gasteiger partial charge < -0.3 is 6.15 Å². The molecule has 0 saturated heterocycles. The smallest absolute Gasteiger partial charge is 0.344 e. The van der Waals surface area contributed by atoms with E-state index in [-0.39, 0.29) is 7.58 Å². The molecule has 0 aromatic heterocycles. The summed E-state index contributed by atoms with van der Waals surface area (Å²) in [6, 6.07) is 0. The second kappa shape index (κ2) is 8.89. The zero-order chi connectivity index (χ0) is 3.41. The largest absolute Gasteiger partial charge is 1.00 e. The molecule has 0 spiro atoms. The lowest BCUT2D eigenvalue weighted by atomic mass is 10.8. The number of hydrogen-bond donors (Lipinski definition) is 1. The zero-order valence-electron chi connectivity index (χ0n) is 4.08. The van der Waals surface area contributed by atoms with E-state index in [1.165, 1.54) is 0 Å². The third-order valence-corrected chi connectivity index (χ3v) is 0.567. The number of rotatable bonds is 1.